The number of carbonyl (C=O) groups excluding carboxylic acids is 1. The Morgan fingerprint density at radius 2 is 1.71 bits per heavy atom. The predicted molar refractivity (Wildman–Crippen MR) is 95.7 cm³/mol. The van der Waals surface area contributed by atoms with Crippen LogP contribution in [0.4, 0.5) is 5.69 Å². The summed E-state index contributed by atoms with van der Waals surface area (Å²) in [6, 6.07) is 11.6. The average Bonchev–Trinajstić information content (AvgIpc) is 2.54. The molecule has 1 amide bonds. The molecule has 0 heterocycles. The summed E-state index contributed by atoms with van der Waals surface area (Å²) in [6.07, 6.45) is 1.17. The fourth-order valence-corrected chi connectivity index (χ4v) is 3.08. The number of nitrogens with two attached hydrogens (primary N) is 1. The van der Waals surface area contributed by atoms with Crippen molar-refractivity contribution in [2.24, 2.45) is 0 Å². The Bertz CT molecular complexity index is 858. The summed E-state index contributed by atoms with van der Waals surface area (Å²) in [6.45, 7) is 3.76. The van der Waals surface area contributed by atoms with Gasteiger partial charge in [0.25, 0.3) is 5.91 Å². The third-order valence-corrected chi connectivity index (χ3v) is 5.31. The van der Waals surface area contributed by atoms with E-state index in [2.05, 4.69) is 0 Å². The molecule has 0 aliphatic carbocycles. The van der Waals surface area contributed by atoms with Crippen molar-refractivity contribution >= 4 is 21.4 Å². The fourth-order valence-electron chi connectivity index (χ4n) is 2.45. The Kier molecular flexibility index (Phi) is 4.99. The molecule has 0 fully saturated rings. The number of nitrogen functional groups attached to an aromatic ring is 1. The summed E-state index contributed by atoms with van der Waals surface area (Å²) in [5.74, 6) is -0.125. The number of benzene rings is 2. The molecular formula is C18H22N2O3S. The van der Waals surface area contributed by atoms with Crippen molar-refractivity contribution in [2.45, 2.75) is 24.8 Å². The number of carbonyl (C=O) groups is 1. The molecule has 24 heavy (non-hydrogen) atoms. The first kappa shape index (κ1) is 18.0. The molecule has 2 aromatic carbocycles. The number of nitrogens with zero attached hydrogens (tertiary/aromatic N) is 1. The van der Waals surface area contributed by atoms with Gasteiger partial charge in [-0.05, 0) is 49.2 Å². The predicted octanol–water partition coefficient (Wildman–Crippen LogP) is 2.81. The monoisotopic (exact) mass is 346 g/mol. The molecule has 0 aliphatic rings. The summed E-state index contributed by atoms with van der Waals surface area (Å²) in [5.41, 5.74) is 8.62. The molecule has 0 spiro atoms. The Balaban J connectivity index is 2.27. The van der Waals surface area contributed by atoms with Gasteiger partial charge in [0.05, 0.1) is 10.9 Å². The Morgan fingerprint density at radius 3 is 2.25 bits per heavy atom. The molecule has 2 aromatic rings. The molecule has 1 atom stereocenters. The van der Waals surface area contributed by atoms with Crippen LogP contribution in [0, 0.1) is 6.92 Å². The molecule has 1 unspecified atom stereocenters. The standard InChI is InChI=1S/C18H22N2O3S/c1-12-5-8-15(19)11-17(12)18(21)20(3)13(2)14-6-9-16(10-7-14)24(4,22)23/h5-11,13H,19H2,1-4H3. The highest BCUT2D eigenvalue weighted by molar-refractivity contribution is 7.90. The normalized spacial score (nSPS) is 12.7. The average molecular weight is 346 g/mol. The minimum atomic E-state index is -3.23. The van der Waals surface area contributed by atoms with Crippen LogP contribution in [0.3, 0.4) is 0 Å². The van der Waals surface area contributed by atoms with Crippen LogP contribution in [0.15, 0.2) is 47.4 Å². The van der Waals surface area contributed by atoms with Crippen molar-refractivity contribution in [3.8, 4) is 0 Å². The molecule has 5 nitrogen and oxygen atoms in total. The number of anilines is 1. The molecule has 6 heteroatoms. The zero-order valence-electron chi connectivity index (χ0n) is 14.3. The van der Waals surface area contributed by atoms with E-state index in [1.54, 1.807) is 48.3 Å². The summed E-state index contributed by atoms with van der Waals surface area (Å²) in [5, 5.41) is 0. The summed E-state index contributed by atoms with van der Waals surface area (Å²) >= 11 is 0. The van der Waals surface area contributed by atoms with Gasteiger partial charge in [-0.15, -0.1) is 0 Å². The lowest BCUT2D eigenvalue weighted by Gasteiger charge is -2.26. The summed E-state index contributed by atoms with van der Waals surface area (Å²) in [4.78, 5) is 14.6. The number of amides is 1. The van der Waals surface area contributed by atoms with E-state index in [-0.39, 0.29) is 16.8 Å². The van der Waals surface area contributed by atoms with Crippen molar-refractivity contribution in [2.75, 3.05) is 19.0 Å². The second-order valence-electron chi connectivity index (χ2n) is 6.01. The minimum Gasteiger partial charge on any atom is -0.399 e. The van der Waals surface area contributed by atoms with E-state index >= 15 is 0 Å². The summed E-state index contributed by atoms with van der Waals surface area (Å²) < 4.78 is 23.1. The van der Waals surface area contributed by atoms with E-state index in [4.69, 9.17) is 5.73 Å². The minimum absolute atomic E-state index is 0.125. The largest absolute Gasteiger partial charge is 0.399 e. The van der Waals surface area contributed by atoms with E-state index in [1.807, 2.05) is 19.9 Å². The second kappa shape index (κ2) is 6.65. The molecule has 2 N–H and O–H groups in total. The van der Waals surface area contributed by atoms with E-state index in [9.17, 15) is 13.2 Å². The van der Waals surface area contributed by atoms with E-state index < -0.39 is 9.84 Å². The van der Waals surface area contributed by atoms with Gasteiger partial charge in [-0.1, -0.05) is 18.2 Å². The first-order valence-corrected chi connectivity index (χ1v) is 9.43. The highest BCUT2D eigenvalue weighted by Crippen LogP contribution is 2.24. The van der Waals surface area contributed by atoms with Gasteiger partial charge in [-0.3, -0.25) is 4.79 Å². The van der Waals surface area contributed by atoms with Crippen molar-refractivity contribution in [1.29, 1.82) is 0 Å². The van der Waals surface area contributed by atoms with Gasteiger partial charge in [-0.25, -0.2) is 8.42 Å². The van der Waals surface area contributed by atoms with Crippen molar-refractivity contribution in [1.82, 2.24) is 4.90 Å². The Hall–Kier alpha value is -2.34. The molecule has 128 valence electrons. The molecule has 0 radical (unpaired) electrons. The Labute approximate surface area is 143 Å². The molecule has 0 aliphatic heterocycles. The van der Waals surface area contributed by atoms with Crippen LogP contribution < -0.4 is 5.73 Å². The van der Waals surface area contributed by atoms with Crippen LogP contribution in [0.1, 0.15) is 34.5 Å². The van der Waals surface area contributed by atoms with Gasteiger partial charge in [0, 0.05) is 24.6 Å². The first-order chi connectivity index (χ1) is 11.1. The maximum absolute atomic E-state index is 12.7. The van der Waals surface area contributed by atoms with Gasteiger partial charge in [-0.2, -0.15) is 0 Å². The molecular weight excluding hydrogens is 324 g/mol. The van der Waals surface area contributed by atoms with E-state index in [0.29, 0.717) is 11.3 Å². The van der Waals surface area contributed by atoms with Crippen molar-refractivity contribution in [3.05, 3.63) is 59.2 Å². The number of sulfone groups is 1. The van der Waals surface area contributed by atoms with Gasteiger partial charge in [0.2, 0.25) is 0 Å². The van der Waals surface area contributed by atoms with Crippen molar-refractivity contribution in [3.63, 3.8) is 0 Å². The van der Waals surface area contributed by atoms with Gasteiger partial charge < -0.3 is 10.6 Å². The molecule has 0 bridgehead atoms. The highest BCUT2D eigenvalue weighted by Gasteiger charge is 2.21. The van der Waals surface area contributed by atoms with E-state index in [0.717, 1.165) is 11.1 Å². The van der Waals surface area contributed by atoms with Gasteiger partial charge >= 0.3 is 0 Å². The van der Waals surface area contributed by atoms with Gasteiger partial charge in [0.15, 0.2) is 9.84 Å². The third-order valence-electron chi connectivity index (χ3n) is 4.18. The molecule has 0 aromatic heterocycles. The van der Waals surface area contributed by atoms with Crippen LogP contribution in [0.2, 0.25) is 0 Å². The van der Waals surface area contributed by atoms with Crippen LogP contribution >= 0.6 is 0 Å². The van der Waals surface area contributed by atoms with Crippen LogP contribution in [-0.4, -0.2) is 32.5 Å². The second-order valence-corrected chi connectivity index (χ2v) is 8.02. The van der Waals surface area contributed by atoms with Crippen molar-refractivity contribution < 1.29 is 13.2 Å². The lowest BCUT2D eigenvalue weighted by Crippen LogP contribution is -2.30. The lowest BCUT2D eigenvalue weighted by atomic mass is 10.0. The van der Waals surface area contributed by atoms with Gasteiger partial charge in [0.1, 0.15) is 0 Å². The fraction of sp³-hybridized carbons (Fsp3) is 0.278. The SMILES string of the molecule is Cc1ccc(N)cc1C(=O)N(C)C(C)c1ccc(S(C)(=O)=O)cc1. The smallest absolute Gasteiger partial charge is 0.254 e. The van der Waals surface area contributed by atoms with Crippen LogP contribution in [0.5, 0.6) is 0 Å². The maximum atomic E-state index is 12.7. The maximum Gasteiger partial charge on any atom is 0.254 e. The number of hydrogen-bond acceptors (Lipinski definition) is 4. The number of rotatable bonds is 4. The van der Waals surface area contributed by atoms with E-state index in [1.165, 1.54) is 6.26 Å². The zero-order chi connectivity index (χ0) is 18.1. The van der Waals surface area contributed by atoms with Crippen LogP contribution in [0.25, 0.3) is 0 Å². The third kappa shape index (κ3) is 3.76. The molecule has 0 saturated carbocycles. The summed E-state index contributed by atoms with van der Waals surface area (Å²) in [7, 11) is -1.51. The molecule has 0 saturated heterocycles. The van der Waals surface area contributed by atoms with Crippen LogP contribution in [-0.2, 0) is 9.84 Å². The zero-order valence-corrected chi connectivity index (χ0v) is 15.1. The first-order valence-electron chi connectivity index (χ1n) is 7.54. The Morgan fingerprint density at radius 1 is 1.12 bits per heavy atom. The molecule has 2 rings (SSSR count). The lowest BCUT2D eigenvalue weighted by molar-refractivity contribution is 0.0742. The quantitative estimate of drug-likeness (QED) is 0.863. The number of hydrogen-bond donors (Lipinski definition) is 1. The topological polar surface area (TPSA) is 80.5 Å². The number of aryl methyl sites for hydroxylation is 1. The highest BCUT2D eigenvalue weighted by atomic mass is 32.2.